The number of fused-ring (bicyclic) bond motifs is 2. The third-order valence-electron chi connectivity index (χ3n) is 8.24. The number of esters is 1. The molecular weight excluding hydrogens is 576 g/mol. The first kappa shape index (κ1) is 28.6. The molecule has 10 heteroatoms. The van der Waals surface area contributed by atoms with Crippen molar-refractivity contribution in [2.24, 2.45) is 5.92 Å². The topological polar surface area (TPSA) is 84.1 Å². The van der Waals surface area contributed by atoms with Crippen LogP contribution in [0.2, 0.25) is 0 Å². The second kappa shape index (κ2) is 12.1. The largest absolute Gasteiger partial charge is 0.477 e. The van der Waals surface area contributed by atoms with Gasteiger partial charge in [-0.3, -0.25) is 13.9 Å². The molecule has 45 heavy (non-hydrogen) atoms. The number of methoxy groups -OCH3 is 1. The lowest BCUT2D eigenvalue weighted by Gasteiger charge is -2.22. The number of para-hydroxylation sites is 4. The number of carbonyl (C=O) groups excluding carboxylic acids is 1. The second-order valence-electron chi connectivity index (χ2n) is 11.3. The third-order valence-corrected chi connectivity index (χ3v) is 8.24. The van der Waals surface area contributed by atoms with Crippen LogP contribution in [0.1, 0.15) is 48.7 Å². The Morgan fingerprint density at radius 2 is 1.51 bits per heavy atom. The standard InChI is InChI=1S/C35H31F2N5O3/c1-44-31(43)17-14-22-12-15-24(16-13-22)25-18-26(33(36)41-20-38-27-6-2-4-8-29(27)41)32(40-35(25)45-19-23-10-11-23)34(37)42-21-39-28-7-3-5-9-30(28)42/h2-9,12-13,15-16,18,20-21,23,33-34H,10-11,14,17,19H2,1H3. The molecule has 7 rings (SSSR count). The van der Waals surface area contributed by atoms with Gasteiger partial charge in [0.15, 0.2) is 0 Å². The van der Waals surface area contributed by atoms with Crippen molar-refractivity contribution in [1.29, 1.82) is 0 Å². The predicted molar refractivity (Wildman–Crippen MR) is 166 cm³/mol. The van der Waals surface area contributed by atoms with Crippen molar-refractivity contribution in [2.75, 3.05) is 13.7 Å². The minimum absolute atomic E-state index is 0.0481. The predicted octanol–water partition coefficient (Wildman–Crippen LogP) is 7.38. The summed E-state index contributed by atoms with van der Waals surface area (Å²) in [5.74, 6) is 0.359. The molecule has 0 amide bonds. The van der Waals surface area contributed by atoms with Gasteiger partial charge < -0.3 is 9.47 Å². The normalized spacial score (nSPS) is 14.5. The number of hydrogen-bond acceptors (Lipinski definition) is 6. The van der Waals surface area contributed by atoms with Crippen LogP contribution in [0.4, 0.5) is 8.78 Å². The highest BCUT2D eigenvalue weighted by molar-refractivity contribution is 5.77. The van der Waals surface area contributed by atoms with Crippen molar-refractivity contribution in [2.45, 2.75) is 38.3 Å². The van der Waals surface area contributed by atoms with E-state index in [1.54, 1.807) is 36.4 Å². The molecule has 1 saturated carbocycles. The maximum absolute atomic E-state index is 16.8. The Kier molecular flexibility index (Phi) is 7.71. The van der Waals surface area contributed by atoms with Gasteiger partial charge in [-0.2, -0.15) is 0 Å². The maximum atomic E-state index is 16.8. The van der Waals surface area contributed by atoms with Gasteiger partial charge in [0.05, 0.1) is 48.4 Å². The van der Waals surface area contributed by atoms with Gasteiger partial charge in [-0.05, 0) is 66.6 Å². The summed E-state index contributed by atoms with van der Waals surface area (Å²) in [5, 5.41) is 0. The molecule has 0 radical (unpaired) electrons. The highest BCUT2D eigenvalue weighted by atomic mass is 19.1. The number of aryl methyl sites for hydroxylation is 1. The van der Waals surface area contributed by atoms with Crippen molar-refractivity contribution < 1.29 is 23.0 Å². The van der Waals surface area contributed by atoms with Crippen LogP contribution in [0.5, 0.6) is 5.88 Å². The van der Waals surface area contributed by atoms with E-state index in [1.165, 1.54) is 28.9 Å². The van der Waals surface area contributed by atoms with E-state index >= 15 is 8.78 Å². The average Bonchev–Trinajstić information content (AvgIpc) is 3.66. The van der Waals surface area contributed by atoms with Gasteiger partial charge in [0.25, 0.3) is 0 Å². The van der Waals surface area contributed by atoms with E-state index in [9.17, 15) is 4.79 Å². The molecule has 1 aliphatic rings. The van der Waals surface area contributed by atoms with E-state index in [0.717, 1.165) is 24.0 Å². The first-order valence-corrected chi connectivity index (χ1v) is 14.9. The number of alkyl halides is 2. The van der Waals surface area contributed by atoms with Crippen molar-refractivity contribution in [3.05, 3.63) is 108 Å². The molecule has 3 heterocycles. The molecule has 2 unspecified atom stereocenters. The second-order valence-corrected chi connectivity index (χ2v) is 11.3. The Hall–Kier alpha value is -5.12. The van der Waals surface area contributed by atoms with Gasteiger partial charge >= 0.3 is 5.97 Å². The molecule has 3 aromatic carbocycles. The van der Waals surface area contributed by atoms with Crippen LogP contribution in [0.3, 0.4) is 0 Å². The van der Waals surface area contributed by atoms with Crippen LogP contribution in [-0.2, 0) is 16.0 Å². The molecule has 0 bridgehead atoms. The maximum Gasteiger partial charge on any atom is 0.305 e. The van der Waals surface area contributed by atoms with E-state index in [2.05, 4.69) is 9.97 Å². The van der Waals surface area contributed by atoms with Gasteiger partial charge in [0.2, 0.25) is 18.5 Å². The Labute approximate surface area is 258 Å². The molecule has 1 fully saturated rings. The number of halogens is 2. The molecule has 2 atom stereocenters. The number of ether oxygens (including phenoxy) is 2. The number of rotatable bonds is 11. The van der Waals surface area contributed by atoms with Crippen molar-refractivity contribution in [3.8, 4) is 17.0 Å². The molecule has 0 spiro atoms. The highest BCUT2D eigenvalue weighted by Crippen LogP contribution is 2.40. The molecule has 1 aliphatic carbocycles. The van der Waals surface area contributed by atoms with Gasteiger partial charge in [0.1, 0.15) is 5.69 Å². The first-order chi connectivity index (χ1) is 22.0. The van der Waals surface area contributed by atoms with Crippen molar-refractivity contribution >= 4 is 28.0 Å². The van der Waals surface area contributed by atoms with E-state index in [4.69, 9.17) is 14.5 Å². The average molecular weight is 608 g/mol. The summed E-state index contributed by atoms with van der Waals surface area (Å²) in [5.41, 5.74) is 4.54. The monoisotopic (exact) mass is 607 g/mol. The summed E-state index contributed by atoms with van der Waals surface area (Å²) in [6.07, 6.45) is 2.07. The Morgan fingerprint density at radius 1 is 0.889 bits per heavy atom. The highest BCUT2D eigenvalue weighted by Gasteiger charge is 2.30. The zero-order valence-electron chi connectivity index (χ0n) is 24.6. The summed E-state index contributed by atoms with van der Waals surface area (Å²) in [6.45, 7) is 0.437. The summed E-state index contributed by atoms with van der Waals surface area (Å²) in [7, 11) is 1.37. The van der Waals surface area contributed by atoms with E-state index in [0.29, 0.717) is 46.6 Å². The number of carbonyl (C=O) groups is 1. The summed E-state index contributed by atoms with van der Waals surface area (Å²) >= 11 is 0. The van der Waals surface area contributed by atoms with Crippen molar-refractivity contribution in [1.82, 2.24) is 24.1 Å². The smallest absolute Gasteiger partial charge is 0.305 e. The Balaban J connectivity index is 1.36. The van der Waals surface area contributed by atoms with E-state index in [1.807, 2.05) is 42.5 Å². The van der Waals surface area contributed by atoms with Crippen LogP contribution < -0.4 is 4.74 Å². The first-order valence-electron chi connectivity index (χ1n) is 14.9. The van der Waals surface area contributed by atoms with Gasteiger partial charge in [0, 0.05) is 17.5 Å². The lowest BCUT2D eigenvalue weighted by atomic mass is 9.99. The van der Waals surface area contributed by atoms with Gasteiger partial charge in [-0.25, -0.2) is 23.7 Å². The van der Waals surface area contributed by atoms with E-state index < -0.39 is 12.6 Å². The number of aromatic nitrogens is 5. The van der Waals surface area contributed by atoms with Crippen LogP contribution in [0, 0.1) is 5.92 Å². The number of pyridine rings is 1. The van der Waals surface area contributed by atoms with Gasteiger partial charge in [-0.1, -0.05) is 48.5 Å². The Morgan fingerprint density at radius 3 is 2.13 bits per heavy atom. The number of hydrogen-bond donors (Lipinski definition) is 0. The number of benzene rings is 3. The quantitative estimate of drug-likeness (QED) is 0.143. The summed E-state index contributed by atoms with van der Waals surface area (Å²) in [4.78, 5) is 25.1. The molecule has 0 N–H and O–H groups in total. The SMILES string of the molecule is COC(=O)CCc1ccc(-c2cc(C(F)n3cnc4ccccc43)c(C(F)n3cnc4ccccc43)nc2OCC2CC2)cc1. The molecule has 228 valence electrons. The van der Waals surface area contributed by atoms with Gasteiger partial charge in [-0.15, -0.1) is 0 Å². The fraction of sp³-hybridized carbons (Fsp3) is 0.257. The molecule has 8 nitrogen and oxygen atoms in total. The van der Waals surface area contributed by atoms with Crippen LogP contribution in [0.25, 0.3) is 33.2 Å². The van der Waals surface area contributed by atoms with E-state index in [-0.39, 0.29) is 29.5 Å². The number of nitrogens with zero attached hydrogens (tertiary/aromatic N) is 5. The molecular formula is C35H31F2N5O3. The minimum Gasteiger partial charge on any atom is -0.477 e. The molecule has 6 aromatic rings. The summed E-state index contributed by atoms with van der Waals surface area (Å²) < 4.78 is 47.3. The zero-order chi connectivity index (χ0) is 30.9. The van der Waals surface area contributed by atoms with Crippen LogP contribution in [0.15, 0.2) is 91.5 Å². The third kappa shape index (κ3) is 5.75. The van der Waals surface area contributed by atoms with Crippen LogP contribution in [-0.4, -0.2) is 43.8 Å². The fourth-order valence-corrected chi connectivity index (χ4v) is 5.50. The number of imidazole rings is 2. The molecule has 3 aromatic heterocycles. The summed E-state index contributed by atoms with van der Waals surface area (Å²) in [6, 6.07) is 23.6. The molecule has 0 aliphatic heterocycles. The Bertz CT molecular complexity index is 1980. The zero-order valence-corrected chi connectivity index (χ0v) is 24.6. The van der Waals surface area contributed by atoms with Crippen molar-refractivity contribution in [3.63, 3.8) is 0 Å². The van der Waals surface area contributed by atoms with Crippen LogP contribution >= 0.6 is 0 Å². The molecule has 0 saturated heterocycles. The minimum atomic E-state index is -1.85. The lowest BCUT2D eigenvalue weighted by Crippen LogP contribution is -2.16. The lowest BCUT2D eigenvalue weighted by molar-refractivity contribution is -0.140. The fourth-order valence-electron chi connectivity index (χ4n) is 5.50.